The molecule has 1 aromatic rings. The van der Waals surface area contributed by atoms with Gasteiger partial charge in [0.2, 0.25) is 5.91 Å². The molecule has 1 saturated heterocycles. The molecule has 0 bridgehead atoms. The second-order valence-corrected chi connectivity index (χ2v) is 5.39. The van der Waals surface area contributed by atoms with Crippen LogP contribution in [0.2, 0.25) is 0 Å². The van der Waals surface area contributed by atoms with Crippen LogP contribution < -0.4 is 10.9 Å². The Morgan fingerprint density at radius 2 is 2.11 bits per heavy atom. The van der Waals surface area contributed by atoms with Crippen molar-refractivity contribution < 1.29 is 4.79 Å². The number of piperidine rings is 1. The van der Waals surface area contributed by atoms with Gasteiger partial charge in [-0.15, -0.1) is 0 Å². The fourth-order valence-electron chi connectivity index (χ4n) is 2.06. The van der Waals surface area contributed by atoms with E-state index in [9.17, 15) is 9.59 Å². The van der Waals surface area contributed by atoms with Crippen LogP contribution in [0.3, 0.4) is 0 Å². The molecule has 0 aliphatic carbocycles. The summed E-state index contributed by atoms with van der Waals surface area (Å²) in [5.74, 6) is 0.0623. The van der Waals surface area contributed by atoms with E-state index in [4.69, 9.17) is 0 Å². The first-order valence-electron chi connectivity index (χ1n) is 6.33. The van der Waals surface area contributed by atoms with Gasteiger partial charge >= 0.3 is 0 Å². The Labute approximate surface area is 119 Å². The number of carbonyl (C=O) groups excluding carboxylic acids is 1. The number of nitrogens with one attached hydrogen (secondary N) is 1. The summed E-state index contributed by atoms with van der Waals surface area (Å²) in [6.07, 6.45) is 4.88. The summed E-state index contributed by atoms with van der Waals surface area (Å²) in [5, 5.41) is 6.88. The predicted octanol–water partition coefficient (Wildman–Crippen LogP) is 0.967. The summed E-state index contributed by atoms with van der Waals surface area (Å²) in [5.41, 5.74) is 0.323. The standard InChI is InChI=1S/C12H17BrN4O2/c1-16-12(19)11(13)9(7-15-16)14-8-10(18)17-5-3-2-4-6-17/h7,14H,2-6,8H2,1H3. The zero-order valence-electron chi connectivity index (χ0n) is 10.9. The highest BCUT2D eigenvalue weighted by Crippen LogP contribution is 2.16. The molecule has 0 saturated carbocycles. The van der Waals surface area contributed by atoms with Crippen molar-refractivity contribution in [2.75, 3.05) is 25.0 Å². The fraction of sp³-hybridized carbons (Fsp3) is 0.583. The van der Waals surface area contributed by atoms with Crippen LogP contribution in [0.25, 0.3) is 0 Å². The zero-order valence-corrected chi connectivity index (χ0v) is 12.4. The average molecular weight is 329 g/mol. The number of anilines is 1. The van der Waals surface area contributed by atoms with E-state index in [1.807, 2.05) is 4.90 Å². The largest absolute Gasteiger partial charge is 0.374 e. The number of likely N-dealkylation sites (tertiary alicyclic amines) is 1. The molecule has 104 valence electrons. The molecule has 1 N–H and O–H groups in total. The molecule has 1 amide bonds. The lowest BCUT2D eigenvalue weighted by Gasteiger charge is -2.26. The number of hydrogen-bond donors (Lipinski definition) is 1. The van der Waals surface area contributed by atoms with Gasteiger partial charge in [-0.2, -0.15) is 5.10 Å². The van der Waals surface area contributed by atoms with Gasteiger partial charge in [0, 0.05) is 20.1 Å². The zero-order chi connectivity index (χ0) is 13.8. The van der Waals surface area contributed by atoms with Gasteiger partial charge in [0.25, 0.3) is 5.56 Å². The summed E-state index contributed by atoms with van der Waals surface area (Å²) in [6, 6.07) is 0. The minimum absolute atomic E-state index is 0.0623. The molecule has 7 heteroatoms. The Bertz CT molecular complexity index is 523. The molecule has 0 atom stereocenters. The van der Waals surface area contributed by atoms with Crippen molar-refractivity contribution in [3.63, 3.8) is 0 Å². The third-order valence-electron chi connectivity index (χ3n) is 3.22. The lowest BCUT2D eigenvalue weighted by molar-refractivity contribution is -0.130. The van der Waals surface area contributed by atoms with Crippen LogP contribution in [0, 0.1) is 0 Å². The van der Waals surface area contributed by atoms with Crippen molar-refractivity contribution in [1.82, 2.24) is 14.7 Å². The molecule has 1 aromatic heterocycles. The normalized spacial score (nSPS) is 15.4. The fourth-order valence-corrected chi connectivity index (χ4v) is 2.56. The van der Waals surface area contributed by atoms with Gasteiger partial charge in [-0.25, -0.2) is 4.68 Å². The van der Waals surface area contributed by atoms with Crippen molar-refractivity contribution in [3.05, 3.63) is 21.0 Å². The molecule has 0 unspecified atom stereocenters. The molecule has 2 heterocycles. The molecule has 6 nitrogen and oxygen atoms in total. The average Bonchev–Trinajstić information content (AvgIpc) is 2.45. The van der Waals surface area contributed by atoms with Crippen molar-refractivity contribution in [3.8, 4) is 0 Å². The van der Waals surface area contributed by atoms with Gasteiger partial charge < -0.3 is 10.2 Å². The van der Waals surface area contributed by atoms with E-state index >= 15 is 0 Å². The van der Waals surface area contributed by atoms with Crippen LogP contribution in [0.1, 0.15) is 19.3 Å². The minimum Gasteiger partial charge on any atom is -0.374 e. The summed E-state index contributed by atoms with van der Waals surface area (Å²) < 4.78 is 1.64. The van der Waals surface area contributed by atoms with Crippen LogP contribution >= 0.6 is 15.9 Å². The first kappa shape index (κ1) is 14.0. The van der Waals surface area contributed by atoms with Gasteiger partial charge in [-0.1, -0.05) is 0 Å². The van der Waals surface area contributed by atoms with Crippen molar-refractivity contribution in [2.45, 2.75) is 19.3 Å². The Balaban J connectivity index is 1.97. The van der Waals surface area contributed by atoms with Crippen molar-refractivity contribution in [1.29, 1.82) is 0 Å². The van der Waals surface area contributed by atoms with Crippen LogP contribution in [0.5, 0.6) is 0 Å². The monoisotopic (exact) mass is 328 g/mol. The van der Waals surface area contributed by atoms with E-state index in [2.05, 4.69) is 26.3 Å². The topological polar surface area (TPSA) is 67.2 Å². The lowest BCUT2D eigenvalue weighted by atomic mass is 10.1. The molecule has 0 aromatic carbocycles. The van der Waals surface area contributed by atoms with E-state index in [-0.39, 0.29) is 18.0 Å². The third-order valence-corrected chi connectivity index (χ3v) is 3.98. The number of carbonyl (C=O) groups is 1. The first-order valence-corrected chi connectivity index (χ1v) is 7.12. The van der Waals surface area contributed by atoms with Crippen molar-refractivity contribution >= 4 is 27.5 Å². The smallest absolute Gasteiger partial charge is 0.282 e. The first-order chi connectivity index (χ1) is 9.09. The number of nitrogens with zero attached hydrogens (tertiary/aromatic N) is 3. The SMILES string of the molecule is Cn1ncc(NCC(=O)N2CCCCC2)c(Br)c1=O. The molecule has 0 radical (unpaired) electrons. The van der Waals surface area contributed by atoms with Crippen LogP contribution in [0.4, 0.5) is 5.69 Å². The molecule has 1 aliphatic heterocycles. The third kappa shape index (κ3) is 3.34. The Morgan fingerprint density at radius 3 is 2.79 bits per heavy atom. The van der Waals surface area contributed by atoms with E-state index < -0.39 is 0 Å². The maximum Gasteiger partial charge on any atom is 0.282 e. The van der Waals surface area contributed by atoms with Crippen LogP contribution in [-0.4, -0.2) is 40.2 Å². The highest BCUT2D eigenvalue weighted by atomic mass is 79.9. The van der Waals surface area contributed by atoms with Gasteiger partial charge in [0.05, 0.1) is 18.4 Å². The van der Waals surface area contributed by atoms with E-state index in [0.717, 1.165) is 25.9 Å². The summed E-state index contributed by atoms with van der Waals surface area (Å²) >= 11 is 3.22. The second kappa shape index (κ2) is 6.18. The summed E-state index contributed by atoms with van der Waals surface area (Å²) in [4.78, 5) is 25.5. The van der Waals surface area contributed by atoms with Gasteiger partial charge in [-0.05, 0) is 35.2 Å². The number of hydrogen-bond acceptors (Lipinski definition) is 4. The van der Waals surface area contributed by atoms with E-state index in [0.29, 0.717) is 10.2 Å². The highest BCUT2D eigenvalue weighted by Gasteiger charge is 2.16. The molecule has 2 rings (SSSR count). The quantitative estimate of drug-likeness (QED) is 0.897. The number of rotatable bonds is 3. The number of amides is 1. The molecule has 1 fully saturated rings. The lowest BCUT2D eigenvalue weighted by Crippen LogP contribution is -2.39. The maximum atomic E-state index is 12.0. The Kier molecular flexibility index (Phi) is 4.57. The Hall–Kier alpha value is -1.37. The predicted molar refractivity (Wildman–Crippen MR) is 76.1 cm³/mol. The second-order valence-electron chi connectivity index (χ2n) is 4.60. The van der Waals surface area contributed by atoms with E-state index in [1.165, 1.54) is 17.3 Å². The summed E-state index contributed by atoms with van der Waals surface area (Å²) in [7, 11) is 1.58. The molecular weight excluding hydrogens is 312 g/mol. The minimum atomic E-state index is -0.226. The molecule has 0 spiro atoms. The highest BCUT2D eigenvalue weighted by molar-refractivity contribution is 9.10. The van der Waals surface area contributed by atoms with E-state index in [1.54, 1.807) is 7.05 Å². The number of halogens is 1. The number of aryl methyl sites for hydroxylation is 1. The molecule has 19 heavy (non-hydrogen) atoms. The number of aromatic nitrogens is 2. The Morgan fingerprint density at radius 1 is 1.42 bits per heavy atom. The van der Waals surface area contributed by atoms with Crippen LogP contribution in [0.15, 0.2) is 15.5 Å². The molecule has 1 aliphatic rings. The summed E-state index contributed by atoms with van der Waals surface area (Å²) in [6.45, 7) is 1.85. The van der Waals surface area contributed by atoms with Crippen LogP contribution in [-0.2, 0) is 11.8 Å². The van der Waals surface area contributed by atoms with Crippen molar-refractivity contribution in [2.24, 2.45) is 7.05 Å². The van der Waals surface area contributed by atoms with Gasteiger partial charge in [0.1, 0.15) is 4.47 Å². The van der Waals surface area contributed by atoms with Gasteiger partial charge in [0.15, 0.2) is 0 Å². The molecular formula is C12H17BrN4O2. The van der Waals surface area contributed by atoms with Gasteiger partial charge in [-0.3, -0.25) is 9.59 Å². The maximum absolute atomic E-state index is 12.0.